The molecule has 118 valence electrons. The number of ether oxygens (including phenoxy) is 1. The molecule has 5 nitrogen and oxygen atoms in total. The van der Waals surface area contributed by atoms with Crippen LogP contribution in [0, 0.1) is 5.41 Å². The summed E-state index contributed by atoms with van der Waals surface area (Å²) in [6.07, 6.45) is 3.51. The van der Waals surface area contributed by atoms with Crippen LogP contribution < -0.4 is 10.4 Å². The van der Waals surface area contributed by atoms with E-state index in [0.717, 1.165) is 18.4 Å². The van der Waals surface area contributed by atoms with Crippen molar-refractivity contribution in [2.45, 2.75) is 50.7 Å². The first-order valence-corrected chi connectivity index (χ1v) is 7.74. The van der Waals surface area contributed by atoms with Crippen molar-refractivity contribution < 1.29 is 19.4 Å². The van der Waals surface area contributed by atoms with E-state index in [1.807, 2.05) is 30.3 Å². The van der Waals surface area contributed by atoms with Crippen molar-refractivity contribution in [3.8, 4) is 0 Å². The van der Waals surface area contributed by atoms with E-state index in [1.165, 1.54) is 0 Å². The summed E-state index contributed by atoms with van der Waals surface area (Å²) in [6.45, 7) is 0.217. The fraction of sp³-hybridized carbons (Fsp3) is 0.529. The standard InChI is InChI=1S/C17H21NO4/c19-14(20)16-7-4-8-17(12-16,10-9-16)18-15(21)22-11-13-5-2-1-3-6-13/h1-3,5-6H,4,7-12H2,(H,18,21)(H,19,20)/p-1. The average molecular weight is 302 g/mol. The molecule has 2 unspecified atom stereocenters. The van der Waals surface area contributed by atoms with Crippen molar-refractivity contribution in [3.05, 3.63) is 35.9 Å². The molecule has 2 atom stereocenters. The van der Waals surface area contributed by atoms with Gasteiger partial charge < -0.3 is 20.0 Å². The highest BCUT2D eigenvalue weighted by Crippen LogP contribution is 2.53. The monoisotopic (exact) mass is 302 g/mol. The minimum atomic E-state index is -0.978. The maximum Gasteiger partial charge on any atom is 0.407 e. The molecule has 2 saturated carbocycles. The molecule has 2 fully saturated rings. The summed E-state index contributed by atoms with van der Waals surface area (Å²) in [7, 11) is 0. The van der Waals surface area contributed by atoms with Gasteiger partial charge in [0.1, 0.15) is 6.61 Å². The number of carboxylic acids is 1. The van der Waals surface area contributed by atoms with Gasteiger partial charge in [-0.3, -0.25) is 0 Å². The lowest BCUT2D eigenvalue weighted by atomic mass is 9.73. The molecule has 2 bridgehead atoms. The molecule has 0 radical (unpaired) electrons. The Balaban J connectivity index is 1.59. The molecule has 3 rings (SSSR count). The number of rotatable bonds is 4. The first kappa shape index (κ1) is 14.9. The number of amides is 1. The Morgan fingerprint density at radius 2 is 1.91 bits per heavy atom. The van der Waals surface area contributed by atoms with Gasteiger partial charge in [-0.1, -0.05) is 36.8 Å². The SMILES string of the molecule is O=C(NC12CCCC(C(=O)[O-])(CC1)C2)OCc1ccccc1. The van der Waals surface area contributed by atoms with Crippen molar-refractivity contribution >= 4 is 12.1 Å². The molecule has 1 aromatic rings. The minimum Gasteiger partial charge on any atom is -0.550 e. The number of benzene rings is 1. The lowest BCUT2D eigenvalue weighted by Crippen LogP contribution is -2.52. The van der Waals surface area contributed by atoms with E-state index in [0.29, 0.717) is 25.7 Å². The second kappa shape index (κ2) is 5.63. The number of fused-ring (bicyclic) bond motifs is 2. The summed E-state index contributed by atoms with van der Waals surface area (Å²) in [5.41, 5.74) is -0.272. The summed E-state index contributed by atoms with van der Waals surface area (Å²) in [4.78, 5) is 23.5. The Kier molecular flexibility index (Phi) is 3.81. The van der Waals surface area contributed by atoms with E-state index in [9.17, 15) is 14.7 Å². The van der Waals surface area contributed by atoms with Crippen LogP contribution in [0.2, 0.25) is 0 Å². The maximum atomic E-state index is 12.0. The van der Waals surface area contributed by atoms with Crippen LogP contribution in [-0.2, 0) is 16.1 Å². The molecule has 0 saturated heterocycles. The third-order valence-electron chi connectivity index (χ3n) is 5.08. The molecule has 0 aliphatic heterocycles. The molecule has 22 heavy (non-hydrogen) atoms. The first-order chi connectivity index (χ1) is 10.5. The zero-order chi connectivity index (χ0) is 15.6. The number of nitrogens with one attached hydrogen (secondary N) is 1. The van der Waals surface area contributed by atoms with Gasteiger partial charge in [0.25, 0.3) is 0 Å². The molecule has 0 spiro atoms. The molecule has 2 aliphatic carbocycles. The van der Waals surface area contributed by atoms with Crippen LogP contribution in [0.1, 0.15) is 44.1 Å². The summed E-state index contributed by atoms with van der Waals surface area (Å²) < 4.78 is 5.26. The van der Waals surface area contributed by atoms with Crippen molar-refractivity contribution in [2.75, 3.05) is 0 Å². The highest BCUT2D eigenvalue weighted by Gasteiger charge is 2.52. The van der Waals surface area contributed by atoms with Gasteiger partial charge in [0, 0.05) is 16.9 Å². The number of hydrogen-bond acceptors (Lipinski definition) is 4. The molecular formula is C17H20NO4-. The normalized spacial score (nSPS) is 29.8. The molecule has 1 aromatic carbocycles. The Bertz CT molecular complexity index is 573. The van der Waals surface area contributed by atoms with E-state index < -0.39 is 23.0 Å². The molecule has 0 heterocycles. The lowest BCUT2D eigenvalue weighted by Gasteiger charge is -2.40. The number of carbonyl (C=O) groups excluding carboxylic acids is 2. The van der Waals surface area contributed by atoms with Crippen LogP contribution >= 0.6 is 0 Å². The van der Waals surface area contributed by atoms with Crippen LogP contribution in [0.3, 0.4) is 0 Å². The van der Waals surface area contributed by atoms with Gasteiger partial charge in [0.2, 0.25) is 0 Å². The third-order valence-corrected chi connectivity index (χ3v) is 5.08. The topological polar surface area (TPSA) is 78.5 Å². The van der Waals surface area contributed by atoms with E-state index in [1.54, 1.807) is 0 Å². The van der Waals surface area contributed by atoms with E-state index in [4.69, 9.17) is 4.74 Å². The molecule has 5 heteroatoms. The van der Waals surface area contributed by atoms with Crippen LogP contribution in [0.25, 0.3) is 0 Å². The molecule has 2 aliphatic rings. The Morgan fingerprint density at radius 1 is 1.14 bits per heavy atom. The Labute approximate surface area is 129 Å². The summed E-state index contributed by atoms with van der Waals surface area (Å²) in [5, 5.41) is 14.3. The van der Waals surface area contributed by atoms with Gasteiger partial charge in [-0.15, -0.1) is 0 Å². The van der Waals surface area contributed by atoms with Gasteiger partial charge in [0.15, 0.2) is 0 Å². The van der Waals surface area contributed by atoms with Gasteiger partial charge in [-0.25, -0.2) is 4.79 Å². The number of aliphatic carboxylic acids is 1. The van der Waals surface area contributed by atoms with Crippen molar-refractivity contribution in [2.24, 2.45) is 5.41 Å². The van der Waals surface area contributed by atoms with Crippen molar-refractivity contribution in [3.63, 3.8) is 0 Å². The van der Waals surface area contributed by atoms with Gasteiger partial charge >= 0.3 is 6.09 Å². The first-order valence-electron chi connectivity index (χ1n) is 7.74. The third kappa shape index (κ3) is 2.80. The summed E-state index contributed by atoms with van der Waals surface area (Å²) in [6, 6.07) is 9.47. The largest absolute Gasteiger partial charge is 0.550 e. The van der Waals surface area contributed by atoms with E-state index in [-0.39, 0.29) is 6.61 Å². The Hall–Kier alpha value is -2.04. The van der Waals surface area contributed by atoms with Gasteiger partial charge in [-0.05, 0) is 37.7 Å². The molecule has 0 aromatic heterocycles. The zero-order valence-electron chi connectivity index (χ0n) is 12.5. The summed E-state index contributed by atoms with van der Waals surface area (Å²) in [5.74, 6) is -0.978. The molecule has 1 N–H and O–H groups in total. The van der Waals surface area contributed by atoms with Crippen LogP contribution in [0.15, 0.2) is 30.3 Å². The predicted molar refractivity (Wildman–Crippen MR) is 77.6 cm³/mol. The number of carbonyl (C=O) groups is 2. The van der Waals surface area contributed by atoms with Gasteiger partial charge in [0.05, 0.1) is 0 Å². The lowest BCUT2D eigenvalue weighted by molar-refractivity contribution is -0.320. The smallest absolute Gasteiger partial charge is 0.407 e. The quantitative estimate of drug-likeness (QED) is 0.919. The van der Waals surface area contributed by atoms with E-state index >= 15 is 0 Å². The number of carboxylic acid groups (broad SMARTS) is 1. The minimum absolute atomic E-state index is 0.217. The molecule has 1 amide bonds. The second-order valence-corrected chi connectivity index (χ2v) is 6.57. The highest BCUT2D eigenvalue weighted by molar-refractivity contribution is 5.74. The fourth-order valence-corrected chi connectivity index (χ4v) is 3.92. The zero-order valence-corrected chi connectivity index (χ0v) is 12.5. The van der Waals surface area contributed by atoms with Crippen LogP contribution in [0.5, 0.6) is 0 Å². The molecular weight excluding hydrogens is 282 g/mol. The Morgan fingerprint density at radius 3 is 2.64 bits per heavy atom. The van der Waals surface area contributed by atoms with Crippen molar-refractivity contribution in [1.82, 2.24) is 5.32 Å². The maximum absolute atomic E-state index is 12.0. The predicted octanol–water partition coefficient (Wildman–Crippen LogP) is 1.76. The average Bonchev–Trinajstić information content (AvgIpc) is 2.78. The number of alkyl carbamates (subject to hydrolysis) is 1. The number of hydrogen-bond donors (Lipinski definition) is 1. The van der Waals surface area contributed by atoms with Crippen LogP contribution in [-0.4, -0.2) is 17.6 Å². The second-order valence-electron chi connectivity index (χ2n) is 6.57. The van der Waals surface area contributed by atoms with Crippen molar-refractivity contribution in [1.29, 1.82) is 0 Å². The fourth-order valence-electron chi connectivity index (χ4n) is 3.92. The van der Waals surface area contributed by atoms with Crippen LogP contribution in [0.4, 0.5) is 4.79 Å². The van der Waals surface area contributed by atoms with E-state index in [2.05, 4.69) is 5.32 Å². The van der Waals surface area contributed by atoms with Gasteiger partial charge in [-0.2, -0.15) is 0 Å². The summed E-state index contributed by atoms with van der Waals surface area (Å²) >= 11 is 0. The highest BCUT2D eigenvalue weighted by atomic mass is 16.5.